The number of halogens is 1. The number of unbranched alkanes of at least 4 members (excludes halogenated alkanes) is 1. The van der Waals surface area contributed by atoms with Crippen LogP contribution in [0.5, 0.6) is 0 Å². The zero-order chi connectivity index (χ0) is 17.1. The van der Waals surface area contributed by atoms with Gasteiger partial charge >= 0.3 is 5.97 Å². The number of tetrazole rings is 1. The van der Waals surface area contributed by atoms with E-state index in [-0.39, 0.29) is 0 Å². The Bertz CT molecular complexity index is 786. The molecule has 8 heteroatoms. The maximum atomic E-state index is 14.4. The molecule has 0 radical (unpaired) electrons. The number of nitrogens with one attached hydrogen (secondary N) is 1. The van der Waals surface area contributed by atoms with Crippen molar-refractivity contribution in [2.45, 2.75) is 32.7 Å². The van der Waals surface area contributed by atoms with E-state index in [4.69, 9.17) is 4.74 Å². The molecule has 126 valence electrons. The molecule has 1 aromatic carbocycles. The lowest BCUT2D eigenvalue weighted by Gasteiger charge is -2.27. The van der Waals surface area contributed by atoms with Crippen LogP contribution < -0.4 is 5.32 Å². The molecule has 0 saturated carbocycles. The SMILES string of the molecule is CCCCOC(=O)C1=C(C)Nc2nnnn2[C@H]1c1ccccc1F. The van der Waals surface area contributed by atoms with Crippen LogP contribution in [0.25, 0.3) is 0 Å². The Hall–Kier alpha value is -2.77. The van der Waals surface area contributed by atoms with E-state index < -0.39 is 17.8 Å². The van der Waals surface area contributed by atoms with Gasteiger partial charge < -0.3 is 10.1 Å². The number of esters is 1. The van der Waals surface area contributed by atoms with E-state index in [9.17, 15) is 9.18 Å². The maximum Gasteiger partial charge on any atom is 0.338 e. The fourth-order valence-electron chi connectivity index (χ4n) is 2.65. The zero-order valence-electron chi connectivity index (χ0n) is 13.5. The quantitative estimate of drug-likeness (QED) is 0.669. The molecule has 1 atom stereocenters. The summed E-state index contributed by atoms with van der Waals surface area (Å²) < 4.78 is 21.1. The van der Waals surface area contributed by atoms with Crippen molar-refractivity contribution >= 4 is 11.9 Å². The Labute approximate surface area is 138 Å². The summed E-state index contributed by atoms with van der Waals surface area (Å²) in [6.07, 6.45) is 1.68. The van der Waals surface area contributed by atoms with Crippen molar-refractivity contribution in [3.63, 3.8) is 0 Å². The molecular formula is C16H18FN5O2. The highest BCUT2D eigenvalue weighted by Crippen LogP contribution is 2.35. The molecule has 7 nitrogen and oxygen atoms in total. The van der Waals surface area contributed by atoms with Crippen LogP contribution >= 0.6 is 0 Å². The molecule has 0 fully saturated rings. The normalized spacial score (nSPS) is 16.5. The summed E-state index contributed by atoms with van der Waals surface area (Å²) in [5.41, 5.74) is 1.16. The number of carbonyl (C=O) groups excluding carboxylic acids is 1. The molecule has 0 spiro atoms. The number of anilines is 1. The number of benzene rings is 1. The van der Waals surface area contributed by atoms with E-state index in [0.717, 1.165) is 12.8 Å². The molecule has 1 aromatic heterocycles. The lowest BCUT2D eigenvalue weighted by molar-refractivity contribution is -0.139. The van der Waals surface area contributed by atoms with Gasteiger partial charge in [0.1, 0.15) is 11.9 Å². The molecule has 24 heavy (non-hydrogen) atoms. The number of ether oxygens (including phenoxy) is 1. The van der Waals surface area contributed by atoms with Gasteiger partial charge in [-0.2, -0.15) is 4.68 Å². The van der Waals surface area contributed by atoms with Crippen molar-refractivity contribution in [1.29, 1.82) is 0 Å². The van der Waals surface area contributed by atoms with E-state index in [1.807, 2.05) is 6.92 Å². The predicted molar refractivity (Wildman–Crippen MR) is 84.5 cm³/mol. The van der Waals surface area contributed by atoms with Crippen LogP contribution in [-0.4, -0.2) is 32.8 Å². The standard InChI is InChI=1S/C16H18FN5O2/c1-3-4-9-24-15(23)13-10(2)18-16-19-20-21-22(16)14(13)11-7-5-6-8-12(11)17/h5-8,14H,3-4,9H2,1-2H3,(H,18,19,21)/t14-/m0/s1. The van der Waals surface area contributed by atoms with Gasteiger partial charge in [0.25, 0.3) is 0 Å². The van der Waals surface area contributed by atoms with Gasteiger partial charge in [-0.1, -0.05) is 36.6 Å². The lowest BCUT2D eigenvalue weighted by atomic mass is 9.95. The Balaban J connectivity index is 2.04. The minimum atomic E-state index is -0.772. The largest absolute Gasteiger partial charge is 0.462 e. The van der Waals surface area contributed by atoms with Gasteiger partial charge in [-0.05, 0) is 29.8 Å². The third-order valence-corrected chi connectivity index (χ3v) is 3.86. The summed E-state index contributed by atoms with van der Waals surface area (Å²) in [6.45, 7) is 4.05. The fraction of sp³-hybridized carbons (Fsp3) is 0.375. The molecular weight excluding hydrogens is 313 g/mol. The minimum Gasteiger partial charge on any atom is -0.462 e. The van der Waals surface area contributed by atoms with Crippen molar-refractivity contribution in [2.75, 3.05) is 11.9 Å². The molecule has 0 aliphatic carbocycles. The Morgan fingerprint density at radius 3 is 2.96 bits per heavy atom. The summed E-state index contributed by atoms with van der Waals surface area (Å²) in [6, 6.07) is 5.49. The summed E-state index contributed by atoms with van der Waals surface area (Å²) in [4.78, 5) is 12.6. The summed E-state index contributed by atoms with van der Waals surface area (Å²) in [7, 11) is 0. The Kier molecular flexibility index (Phi) is 4.54. The summed E-state index contributed by atoms with van der Waals surface area (Å²) >= 11 is 0. The fourth-order valence-corrected chi connectivity index (χ4v) is 2.65. The van der Waals surface area contributed by atoms with Gasteiger partial charge in [0.2, 0.25) is 5.95 Å². The van der Waals surface area contributed by atoms with Gasteiger partial charge in [0.15, 0.2) is 0 Å². The first-order chi connectivity index (χ1) is 11.6. The first-order valence-corrected chi connectivity index (χ1v) is 7.80. The number of fused-ring (bicyclic) bond motifs is 1. The van der Waals surface area contributed by atoms with Gasteiger partial charge in [-0.15, -0.1) is 0 Å². The second-order valence-electron chi connectivity index (χ2n) is 5.52. The minimum absolute atomic E-state index is 0.302. The second-order valence-corrected chi connectivity index (χ2v) is 5.52. The first-order valence-electron chi connectivity index (χ1n) is 7.80. The molecule has 2 heterocycles. The van der Waals surface area contributed by atoms with E-state index in [1.54, 1.807) is 25.1 Å². The van der Waals surface area contributed by atoms with Crippen LogP contribution in [0.2, 0.25) is 0 Å². The van der Waals surface area contributed by atoms with Crippen LogP contribution in [0.15, 0.2) is 35.5 Å². The number of aromatic nitrogens is 4. The Morgan fingerprint density at radius 2 is 2.21 bits per heavy atom. The zero-order valence-corrected chi connectivity index (χ0v) is 13.5. The molecule has 2 aromatic rings. The van der Waals surface area contributed by atoms with Gasteiger partial charge in [0, 0.05) is 11.3 Å². The topological polar surface area (TPSA) is 81.9 Å². The molecule has 3 rings (SSSR count). The Morgan fingerprint density at radius 1 is 1.42 bits per heavy atom. The molecule has 0 unspecified atom stereocenters. The number of hydrogen-bond donors (Lipinski definition) is 1. The van der Waals surface area contributed by atoms with Crippen molar-refractivity contribution in [1.82, 2.24) is 20.2 Å². The predicted octanol–water partition coefficient (Wildman–Crippen LogP) is 2.44. The molecule has 0 saturated heterocycles. The first kappa shape index (κ1) is 16.1. The van der Waals surface area contributed by atoms with E-state index in [1.165, 1.54) is 10.7 Å². The van der Waals surface area contributed by atoms with Crippen LogP contribution in [0.4, 0.5) is 10.3 Å². The van der Waals surface area contributed by atoms with Gasteiger partial charge in [-0.25, -0.2) is 9.18 Å². The van der Waals surface area contributed by atoms with Gasteiger partial charge in [-0.3, -0.25) is 0 Å². The van der Waals surface area contributed by atoms with Crippen molar-refractivity contribution in [3.05, 3.63) is 46.9 Å². The molecule has 0 amide bonds. The molecule has 1 aliphatic heterocycles. The third-order valence-electron chi connectivity index (χ3n) is 3.86. The van der Waals surface area contributed by atoms with E-state index >= 15 is 0 Å². The molecule has 1 aliphatic rings. The molecule has 0 bridgehead atoms. The van der Waals surface area contributed by atoms with E-state index in [2.05, 4.69) is 20.8 Å². The van der Waals surface area contributed by atoms with Crippen molar-refractivity contribution < 1.29 is 13.9 Å². The van der Waals surface area contributed by atoms with Crippen LogP contribution in [0, 0.1) is 5.82 Å². The lowest BCUT2D eigenvalue weighted by Crippen LogP contribution is -2.30. The maximum absolute atomic E-state index is 14.4. The monoisotopic (exact) mass is 331 g/mol. The highest BCUT2D eigenvalue weighted by Gasteiger charge is 2.36. The molecule has 1 N–H and O–H groups in total. The number of allylic oxidation sites excluding steroid dienone is 1. The third kappa shape index (κ3) is 2.86. The average molecular weight is 331 g/mol. The van der Waals surface area contributed by atoms with Crippen LogP contribution in [-0.2, 0) is 9.53 Å². The van der Waals surface area contributed by atoms with E-state index in [0.29, 0.717) is 29.4 Å². The van der Waals surface area contributed by atoms with Crippen LogP contribution in [0.1, 0.15) is 38.3 Å². The summed E-state index contributed by atoms with van der Waals surface area (Å²) in [5.74, 6) is -0.578. The highest BCUT2D eigenvalue weighted by atomic mass is 19.1. The van der Waals surface area contributed by atoms with Gasteiger partial charge in [0.05, 0.1) is 12.2 Å². The highest BCUT2D eigenvalue weighted by molar-refractivity contribution is 5.92. The van der Waals surface area contributed by atoms with Crippen molar-refractivity contribution in [3.8, 4) is 0 Å². The second kappa shape index (κ2) is 6.77. The number of rotatable bonds is 5. The smallest absolute Gasteiger partial charge is 0.338 e. The summed E-state index contributed by atoms with van der Waals surface area (Å²) in [5, 5.41) is 14.3. The number of hydrogen-bond acceptors (Lipinski definition) is 6. The van der Waals surface area contributed by atoms with Crippen LogP contribution in [0.3, 0.4) is 0 Å². The average Bonchev–Trinajstić information content (AvgIpc) is 3.02. The number of nitrogens with zero attached hydrogens (tertiary/aromatic N) is 4. The number of carbonyl (C=O) groups is 1. The van der Waals surface area contributed by atoms with Crippen molar-refractivity contribution in [2.24, 2.45) is 0 Å².